The number of imidazole rings is 1. The third-order valence-electron chi connectivity index (χ3n) is 5.01. The molecule has 3 aromatic heterocycles. The Morgan fingerprint density at radius 3 is 2.37 bits per heavy atom. The summed E-state index contributed by atoms with van der Waals surface area (Å²) in [5.74, 6) is 0.783. The maximum atomic E-state index is 5.13. The quantitative estimate of drug-likeness (QED) is 0.421. The smallest absolute Gasteiger partial charge is 0.130 e. The molecule has 0 saturated heterocycles. The minimum atomic E-state index is 0.613. The molecule has 0 aliphatic rings. The minimum absolute atomic E-state index is 0.613. The summed E-state index contributed by atoms with van der Waals surface area (Å²) in [5.41, 5.74) is 5.35. The summed E-state index contributed by atoms with van der Waals surface area (Å²) in [6.07, 6.45) is 12.1. The molecule has 0 radical (unpaired) electrons. The van der Waals surface area contributed by atoms with E-state index in [4.69, 9.17) is 9.72 Å². The summed E-state index contributed by atoms with van der Waals surface area (Å²) < 4.78 is 7.33. The molecular weight excluding hydrogens is 374 g/mol. The van der Waals surface area contributed by atoms with Gasteiger partial charge in [-0.1, -0.05) is 30.3 Å². The Morgan fingerprint density at radius 1 is 0.867 bits per heavy atom. The third-order valence-corrected chi connectivity index (χ3v) is 5.01. The molecule has 6 nitrogen and oxygen atoms in total. The van der Waals surface area contributed by atoms with Gasteiger partial charge in [0.2, 0.25) is 0 Å². The maximum absolute atomic E-state index is 5.13. The van der Waals surface area contributed by atoms with Crippen molar-refractivity contribution in [2.75, 3.05) is 13.7 Å². The molecule has 30 heavy (non-hydrogen) atoms. The van der Waals surface area contributed by atoms with Gasteiger partial charge >= 0.3 is 0 Å². The summed E-state index contributed by atoms with van der Waals surface area (Å²) >= 11 is 0. The van der Waals surface area contributed by atoms with E-state index in [2.05, 4.69) is 43.8 Å². The zero-order valence-electron chi connectivity index (χ0n) is 17.1. The van der Waals surface area contributed by atoms with Crippen molar-refractivity contribution < 1.29 is 4.74 Å². The van der Waals surface area contributed by atoms with E-state index in [9.17, 15) is 0 Å². The van der Waals surface area contributed by atoms with Crippen LogP contribution in [0.2, 0.25) is 0 Å². The molecule has 0 bridgehead atoms. The summed E-state index contributed by atoms with van der Waals surface area (Å²) in [4.78, 5) is 17.9. The molecule has 0 aliphatic carbocycles. The molecule has 0 amide bonds. The zero-order valence-corrected chi connectivity index (χ0v) is 17.1. The second kappa shape index (κ2) is 9.89. The molecule has 0 atom stereocenters. The number of pyridine rings is 1. The van der Waals surface area contributed by atoms with Crippen LogP contribution in [0.25, 0.3) is 22.5 Å². The maximum Gasteiger partial charge on any atom is 0.130 e. The molecule has 0 aliphatic heterocycles. The van der Waals surface area contributed by atoms with Crippen LogP contribution in [-0.4, -0.2) is 38.2 Å². The van der Waals surface area contributed by atoms with E-state index in [0.29, 0.717) is 13.0 Å². The number of ether oxygens (including phenoxy) is 1. The van der Waals surface area contributed by atoms with Crippen molar-refractivity contribution in [3.8, 4) is 22.5 Å². The molecule has 0 fully saturated rings. The van der Waals surface area contributed by atoms with E-state index in [0.717, 1.165) is 47.7 Å². The zero-order chi connectivity index (χ0) is 20.6. The van der Waals surface area contributed by atoms with Crippen LogP contribution in [0.15, 0.2) is 73.6 Å². The molecule has 6 heteroatoms. The van der Waals surface area contributed by atoms with Crippen molar-refractivity contribution in [2.45, 2.75) is 25.8 Å². The van der Waals surface area contributed by atoms with Gasteiger partial charge in [-0.2, -0.15) is 0 Å². The number of hydrogen-bond donors (Lipinski definition) is 0. The monoisotopic (exact) mass is 399 g/mol. The van der Waals surface area contributed by atoms with Gasteiger partial charge in [0, 0.05) is 56.0 Å². The van der Waals surface area contributed by atoms with Crippen LogP contribution in [0.1, 0.15) is 17.8 Å². The number of nitrogens with zero attached hydrogens (tertiary/aromatic N) is 5. The summed E-state index contributed by atoms with van der Waals surface area (Å²) in [6.45, 7) is 1.48. The van der Waals surface area contributed by atoms with Gasteiger partial charge < -0.3 is 9.30 Å². The molecular formula is C24H25N5O. The number of aryl methyl sites for hydroxylation is 2. The first kappa shape index (κ1) is 19.9. The van der Waals surface area contributed by atoms with Gasteiger partial charge in [0.25, 0.3) is 0 Å². The van der Waals surface area contributed by atoms with Gasteiger partial charge in [0.05, 0.1) is 24.3 Å². The lowest BCUT2D eigenvalue weighted by Crippen LogP contribution is -2.04. The average Bonchev–Trinajstić information content (AvgIpc) is 3.23. The van der Waals surface area contributed by atoms with Crippen LogP contribution in [0.5, 0.6) is 0 Å². The van der Waals surface area contributed by atoms with Crippen LogP contribution >= 0.6 is 0 Å². The van der Waals surface area contributed by atoms with Crippen LogP contribution in [0.3, 0.4) is 0 Å². The molecule has 4 aromatic rings. The van der Waals surface area contributed by atoms with E-state index in [1.54, 1.807) is 7.11 Å². The van der Waals surface area contributed by atoms with Gasteiger partial charge in [-0.15, -0.1) is 0 Å². The van der Waals surface area contributed by atoms with E-state index >= 15 is 0 Å². The van der Waals surface area contributed by atoms with E-state index in [1.807, 2.05) is 49.3 Å². The van der Waals surface area contributed by atoms with Crippen molar-refractivity contribution >= 4 is 0 Å². The molecule has 0 spiro atoms. The van der Waals surface area contributed by atoms with Gasteiger partial charge in [0.1, 0.15) is 5.82 Å². The minimum Gasteiger partial charge on any atom is -0.384 e. The molecule has 4 rings (SSSR count). The van der Waals surface area contributed by atoms with Crippen molar-refractivity contribution in [3.05, 3.63) is 85.0 Å². The number of aromatic nitrogens is 5. The summed E-state index contributed by atoms with van der Waals surface area (Å²) in [5, 5.41) is 0. The van der Waals surface area contributed by atoms with Crippen molar-refractivity contribution in [1.29, 1.82) is 0 Å². The Bertz CT molecular complexity index is 1050. The highest BCUT2D eigenvalue weighted by Gasteiger charge is 2.16. The third kappa shape index (κ3) is 4.78. The SMILES string of the molecule is COCCc1ncc(-c2c(-c3ccccc3)ncn2CCCc2ccncc2)cn1. The first-order valence-corrected chi connectivity index (χ1v) is 10.1. The van der Waals surface area contributed by atoms with Gasteiger partial charge in [-0.25, -0.2) is 15.0 Å². The molecule has 0 N–H and O–H groups in total. The molecule has 0 saturated carbocycles. The number of benzene rings is 1. The first-order chi connectivity index (χ1) is 14.8. The number of rotatable bonds is 9. The van der Waals surface area contributed by atoms with Crippen LogP contribution in [-0.2, 0) is 24.1 Å². The highest BCUT2D eigenvalue weighted by Crippen LogP contribution is 2.30. The van der Waals surface area contributed by atoms with E-state index in [1.165, 1.54) is 5.56 Å². The number of methoxy groups -OCH3 is 1. The Hall–Kier alpha value is -3.38. The second-order valence-electron chi connectivity index (χ2n) is 7.09. The normalized spacial score (nSPS) is 11.0. The fourth-order valence-electron chi connectivity index (χ4n) is 3.46. The molecule has 3 heterocycles. The van der Waals surface area contributed by atoms with Gasteiger partial charge in [0.15, 0.2) is 0 Å². The highest BCUT2D eigenvalue weighted by atomic mass is 16.5. The topological polar surface area (TPSA) is 65.7 Å². The first-order valence-electron chi connectivity index (χ1n) is 10.1. The molecule has 0 unspecified atom stereocenters. The van der Waals surface area contributed by atoms with Crippen LogP contribution in [0.4, 0.5) is 0 Å². The van der Waals surface area contributed by atoms with E-state index < -0.39 is 0 Å². The lowest BCUT2D eigenvalue weighted by Gasteiger charge is -2.11. The second-order valence-corrected chi connectivity index (χ2v) is 7.09. The molecule has 152 valence electrons. The number of hydrogen-bond acceptors (Lipinski definition) is 5. The Morgan fingerprint density at radius 2 is 1.63 bits per heavy atom. The lowest BCUT2D eigenvalue weighted by molar-refractivity contribution is 0.200. The van der Waals surface area contributed by atoms with E-state index in [-0.39, 0.29) is 0 Å². The largest absolute Gasteiger partial charge is 0.384 e. The fraction of sp³-hybridized carbons (Fsp3) is 0.250. The van der Waals surface area contributed by atoms with Crippen molar-refractivity contribution in [2.24, 2.45) is 0 Å². The van der Waals surface area contributed by atoms with Crippen molar-refractivity contribution in [3.63, 3.8) is 0 Å². The Labute approximate surface area is 176 Å². The predicted octanol–water partition coefficient (Wildman–Crippen LogP) is 4.22. The average molecular weight is 399 g/mol. The summed E-state index contributed by atoms with van der Waals surface area (Å²) in [7, 11) is 1.69. The predicted molar refractivity (Wildman–Crippen MR) is 117 cm³/mol. The van der Waals surface area contributed by atoms with Crippen molar-refractivity contribution in [1.82, 2.24) is 24.5 Å². The van der Waals surface area contributed by atoms with Crippen LogP contribution in [0, 0.1) is 0 Å². The van der Waals surface area contributed by atoms with Crippen LogP contribution < -0.4 is 0 Å². The fourth-order valence-corrected chi connectivity index (χ4v) is 3.46. The lowest BCUT2D eigenvalue weighted by atomic mass is 10.1. The highest BCUT2D eigenvalue weighted by molar-refractivity contribution is 5.77. The standard InChI is InChI=1S/C24H25N5O/c1-30-15-11-22-26-16-21(17-27-22)24-23(20-7-3-2-4-8-20)28-18-29(24)14-5-6-19-9-12-25-13-10-19/h2-4,7-10,12-13,16-18H,5-6,11,14-15H2,1H3. The van der Waals surface area contributed by atoms with Gasteiger partial charge in [-0.05, 0) is 30.5 Å². The Kier molecular flexibility index (Phi) is 6.57. The Balaban J connectivity index is 1.61. The van der Waals surface area contributed by atoms with Gasteiger partial charge in [-0.3, -0.25) is 4.98 Å². The molecule has 1 aromatic carbocycles. The summed E-state index contributed by atoms with van der Waals surface area (Å²) in [6, 6.07) is 14.4.